The van der Waals surface area contributed by atoms with Crippen molar-refractivity contribution in [1.82, 2.24) is 10.6 Å². The minimum Gasteiger partial charge on any atom is -0.478 e. The van der Waals surface area contributed by atoms with E-state index in [-0.39, 0.29) is 23.1 Å². The Labute approximate surface area is 129 Å². The van der Waals surface area contributed by atoms with E-state index in [0.29, 0.717) is 5.56 Å². The summed E-state index contributed by atoms with van der Waals surface area (Å²) < 4.78 is 0. The molecule has 0 saturated heterocycles. The van der Waals surface area contributed by atoms with E-state index in [9.17, 15) is 14.4 Å². The van der Waals surface area contributed by atoms with E-state index in [4.69, 9.17) is 5.11 Å². The van der Waals surface area contributed by atoms with Crippen LogP contribution in [0.5, 0.6) is 0 Å². The molecule has 2 amide bonds. The lowest BCUT2D eigenvalue weighted by Crippen LogP contribution is -2.47. The zero-order chi connectivity index (χ0) is 16.9. The lowest BCUT2D eigenvalue weighted by Gasteiger charge is -2.17. The molecule has 120 valence electrons. The van der Waals surface area contributed by atoms with Gasteiger partial charge in [-0.15, -0.1) is 0 Å². The summed E-state index contributed by atoms with van der Waals surface area (Å²) in [4.78, 5) is 35.1. The lowest BCUT2D eigenvalue weighted by atomic mass is 10.1. The van der Waals surface area contributed by atoms with Crippen LogP contribution in [-0.2, 0) is 4.79 Å². The Morgan fingerprint density at radius 3 is 2.23 bits per heavy atom. The number of hydrogen-bond donors (Lipinski definition) is 3. The third-order valence-corrected chi connectivity index (χ3v) is 3.33. The van der Waals surface area contributed by atoms with E-state index in [0.717, 1.165) is 6.42 Å². The van der Waals surface area contributed by atoms with Crippen LogP contribution in [0.4, 0.5) is 0 Å². The number of carbonyl (C=O) groups excluding carboxylic acids is 2. The summed E-state index contributed by atoms with van der Waals surface area (Å²) >= 11 is 0. The third kappa shape index (κ3) is 4.87. The van der Waals surface area contributed by atoms with E-state index in [2.05, 4.69) is 10.6 Å². The maximum Gasteiger partial charge on any atom is 0.335 e. The van der Waals surface area contributed by atoms with Crippen LogP contribution in [0.15, 0.2) is 18.2 Å². The van der Waals surface area contributed by atoms with Gasteiger partial charge in [-0.1, -0.05) is 6.92 Å². The molecular formula is C16H22N2O4. The smallest absolute Gasteiger partial charge is 0.335 e. The highest BCUT2D eigenvalue weighted by molar-refractivity contribution is 5.99. The van der Waals surface area contributed by atoms with Crippen LogP contribution in [0.25, 0.3) is 0 Å². The van der Waals surface area contributed by atoms with Gasteiger partial charge < -0.3 is 15.7 Å². The molecule has 6 heteroatoms. The summed E-state index contributed by atoms with van der Waals surface area (Å²) in [5.41, 5.74) is 0.934. The molecule has 0 saturated carbocycles. The van der Waals surface area contributed by atoms with Gasteiger partial charge in [0, 0.05) is 11.6 Å². The molecule has 1 aromatic rings. The normalized spacial score (nSPS) is 13.1. The van der Waals surface area contributed by atoms with Gasteiger partial charge >= 0.3 is 5.97 Å². The quantitative estimate of drug-likeness (QED) is 0.746. The number of carboxylic acids is 1. The fraction of sp³-hybridized carbons (Fsp3) is 0.438. The van der Waals surface area contributed by atoms with Crippen LogP contribution in [0.2, 0.25) is 0 Å². The van der Waals surface area contributed by atoms with Crippen molar-refractivity contribution in [3.8, 4) is 0 Å². The van der Waals surface area contributed by atoms with Crippen molar-refractivity contribution < 1.29 is 19.5 Å². The maximum atomic E-state index is 12.2. The highest BCUT2D eigenvalue weighted by Crippen LogP contribution is 2.10. The molecule has 3 N–H and O–H groups in total. The van der Waals surface area contributed by atoms with Crippen molar-refractivity contribution in [2.75, 3.05) is 0 Å². The second-order valence-corrected chi connectivity index (χ2v) is 5.41. The van der Waals surface area contributed by atoms with E-state index >= 15 is 0 Å². The van der Waals surface area contributed by atoms with Crippen molar-refractivity contribution in [1.29, 1.82) is 0 Å². The topological polar surface area (TPSA) is 95.5 Å². The Morgan fingerprint density at radius 2 is 1.68 bits per heavy atom. The van der Waals surface area contributed by atoms with Crippen molar-refractivity contribution >= 4 is 17.8 Å². The molecule has 1 aromatic carbocycles. The predicted molar refractivity (Wildman–Crippen MR) is 83.0 cm³/mol. The van der Waals surface area contributed by atoms with Gasteiger partial charge in [0.25, 0.3) is 5.91 Å². The van der Waals surface area contributed by atoms with Crippen molar-refractivity contribution in [3.05, 3.63) is 34.9 Å². The lowest BCUT2D eigenvalue weighted by molar-refractivity contribution is -0.123. The molecule has 0 spiro atoms. The van der Waals surface area contributed by atoms with Gasteiger partial charge in [-0.05, 0) is 51.0 Å². The largest absolute Gasteiger partial charge is 0.478 e. The van der Waals surface area contributed by atoms with Gasteiger partial charge in [0.2, 0.25) is 5.91 Å². The molecule has 6 nitrogen and oxygen atoms in total. The van der Waals surface area contributed by atoms with E-state index < -0.39 is 17.9 Å². The number of aromatic carboxylic acids is 1. The van der Waals surface area contributed by atoms with Gasteiger partial charge in [-0.2, -0.15) is 0 Å². The first kappa shape index (κ1) is 17.7. The summed E-state index contributed by atoms with van der Waals surface area (Å²) in [6.07, 6.45) is 0.798. The molecule has 2 atom stereocenters. The Balaban J connectivity index is 2.80. The minimum atomic E-state index is -1.10. The maximum absolute atomic E-state index is 12.2. The van der Waals surface area contributed by atoms with Crippen molar-refractivity contribution in [2.24, 2.45) is 0 Å². The Hall–Kier alpha value is -2.37. The Bertz CT molecular complexity index is 584. The van der Waals surface area contributed by atoms with Crippen LogP contribution >= 0.6 is 0 Å². The number of benzene rings is 1. The standard InChI is InChI=1S/C16H22N2O4/c1-5-10(3)17-14(19)11(4)18-15(20)12-6-9(2)7-13(8-12)16(21)22/h6-8,10-11H,5H2,1-4H3,(H,17,19)(H,18,20)(H,21,22). The number of amides is 2. The number of carboxylic acid groups (broad SMARTS) is 1. The monoisotopic (exact) mass is 306 g/mol. The highest BCUT2D eigenvalue weighted by atomic mass is 16.4. The summed E-state index contributed by atoms with van der Waals surface area (Å²) in [7, 11) is 0. The van der Waals surface area contributed by atoms with Gasteiger partial charge in [0.1, 0.15) is 6.04 Å². The van der Waals surface area contributed by atoms with Gasteiger partial charge in [-0.3, -0.25) is 9.59 Å². The molecule has 0 bridgehead atoms. The average Bonchev–Trinajstić information content (AvgIpc) is 2.45. The zero-order valence-electron chi connectivity index (χ0n) is 13.3. The number of nitrogens with one attached hydrogen (secondary N) is 2. The first-order valence-corrected chi connectivity index (χ1v) is 7.20. The molecule has 0 aliphatic carbocycles. The van der Waals surface area contributed by atoms with Gasteiger partial charge in [-0.25, -0.2) is 4.79 Å². The summed E-state index contributed by atoms with van der Waals surface area (Å²) in [6.45, 7) is 7.13. The number of aryl methyl sites for hydroxylation is 1. The molecule has 2 unspecified atom stereocenters. The third-order valence-electron chi connectivity index (χ3n) is 3.33. The number of carbonyl (C=O) groups is 3. The van der Waals surface area contributed by atoms with Crippen LogP contribution in [0.3, 0.4) is 0 Å². The van der Waals surface area contributed by atoms with Crippen LogP contribution < -0.4 is 10.6 Å². The SMILES string of the molecule is CCC(C)NC(=O)C(C)NC(=O)c1cc(C)cc(C(=O)O)c1. The summed E-state index contributed by atoms with van der Waals surface area (Å²) in [5.74, 6) is -1.84. The number of rotatable bonds is 6. The fourth-order valence-electron chi connectivity index (χ4n) is 1.85. The van der Waals surface area contributed by atoms with Gasteiger partial charge in [0.05, 0.1) is 5.56 Å². The van der Waals surface area contributed by atoms with E-state index in [1.165, 1.54) is 12.1 Å². The summed E-state index contributed by atoms with van der Waals surface area (Å²) in [6, 6.07) is 3.70. The molecule has 0 aliphatic rings. The second kappa shape index (κ2) is 7.59. The first-order valence-electron chi connectivity index (χ1n) is 7.20. The van der Waals surface area contributed by atoms with Crippen molar-refractivity contribution in [3.63, 3.8) is 0 Å². The van der Waals surface area contributed by atoms with Crippen molar-refractivity contribution in [2.45, 2.75) is 46.2 Å². The molecule has 0 radical (unpaired) electrons. The molecule has 0 fully saturated rings. The van der Waals surface area contributed by atoms with Crippen LogP contribution in [0.1, 0.15) is 53.5 Å². The highest BCUT2D eigenvalue weighted by Gasteiger charge is 2.18. The Morgan fingerprint density at radius 1 is 1.09 bits per heavy atom. The van der Waals surface area contributed by atoms with E-state index in [1.807, 2.05) is 13.8 Å². The summed E-state index contributed by atoms with van der Waals surface area (Å²) in [5, 5.41) is 14.4. The molecule has 0 aromatic heterocycles. The van der Waals surface area contributed by atoms with Gasteiger partial charge in [0.15, 0.2) is 0 Å². The van der Waals surface area contributed by atoms with Crippen LogP contribution in [0, 0.1) is 6.92 Å². The first-order chi connectivity index (χ1) is 10.2. The minimum absolute atomic E-state index is 0.0319. The number of hydrogen-bond acceptors (Lipinski definition) is 3. The van der Waals surface area contributed by atoms with Crippen LogP contribution in [-0.4, -0.2) is 35.0 Å². The zero-order valence-corrected chi connectivity index (χ0v) is 13.3. The predicted octanol–water partition coefficient (Wildman–Crippen LogP) is 1.73. The average molecular weight is 306 g/mol. The molecular weight excluding hydrogens is 284 g/mol. The molecule has 0 aliphatic heterocycles. The van der Waals surface area contributed by atoms with E-state index in [1.54, 1.807) is 19.9 Å². The molecule has 0 heterocycles. The second-order valence-electron chi connectivity index (χ2n) is 5.41. The molecule has 1 rings (SSSR count). The fourth-order valence-corrected chi connectivity index (χ4v) is 1.85. The molecule has 22 heavy (non-hydrogen) atoms. The Kier molecular flexibility index (Phi) is 6.10.